The number of nitrogens with two attached hydrogens (primary N) is 1. The maximum Gasteiger partial charge on any atom is 0.234 e. The number of piperidine rings is 1. The van der Waals surface area contributed by atoms with Gasteiger partial charge in [0.1, 0.15) is 0 Å². The van der Waals surface area contributed by atoms with E-state index in [1.54, 1.807) is 0 Å². The zero-order chi connectivity index (χ0) is 14.3. The zero-order valence-electron chi connectivity index (χ0n) is 11.9. The Morgan fingerprint density at radius 1 is 1.42 bits per heavy atom. The van der Waals surface area contributed by atoms with Crippen LogP contribution in [0.1, 0.15) is 26.7 Å². The Balaban J connectivity index is 2.37. The lowest BCUT2D eigenvalue weighted by Crippen LogP contribution is -2.47. The lowest BCUT2D eigenvalue weighted by atomic mass is 9.97. The van der Waals surface area contributed by atoms with Gasteiger partial charge < -0.3 is 16.4 Å². The summed E-state index contributed by atoms with van der Waals surface area (Å²) in [4.78, 5) is 25.6. The van der Waals surface area contributed by atoms with E-state index in [1.165, 1.54) is 0 Å². The summed E-state index contributed by atoms with van der Waals surface area (Å²) in [5.41, 5.74) is 5.37. The van der Waals surface area contributed by atoms with Crippen LogP contribution in [0.3, 0.4) is 0 Å². The smallest absolute Gasteiger partial charge is 0.234 e. The van der Waals surface area contributed by atoms with Crippen LogP contribution in [0.4, 0.5) is 0 Å². The molecule has 0 saturated carbocycles. The van der Waals surface area contributed by atoms with Crippen LogP contribution in [-0.4, -0.2) is 55.5 Å². The van der Waals surface area contributed by atoms with E-state index < -0.39 is 0 Å². The first kappa shape index (κ1) is 15.9. The highest BCUT2D eigenvalue weighted by molar-refractivity contribution is 5.80. The van der Waals surface area contributed by atoms with Gasteiger partial charge in [0.2, 0.25) is 11.8 Å². The van der Waals surface area contributed by atoms with Crippen LogP contribution in [-0.2, 0) is 9.59 Å². The summed E-state index contributed by atoms with van der Waals surface area (Å²) in [7, 11) is 0. The van der Waals surface area contributed by atoms with Crippen molar-refractivity contribution in [2.45, 2.75) is 32.7 Å². The Labute approximate surface area is 115 Å². The molecule has 1 aliphatic heterocycles. The van der Waals surface area contributed by atoms with E-state index in [9.17, 15) is 9.59 Å². The van der Waals surface area contributed by atoms with Gasteiger partial charge in [-0.15, -0.1) is 0 Å². The van der Waals surface area contributed by atoms with Gasteiger partial charge in [-0.3, -0.25) is 14.5 Å². The van der Waals surface area contributed by atoms with Gasteiger partial charge >= 0.3 is 0 Å². The van der Waals surface area contributed by atoms with Crippen LogP contribution in [0.15, 0.2) is 0 Å². The molecule has 1 rings (SSSR count). The highest BCUT2D eigenvalue weighted by atomic mass is 16.2. The largest absolute Gasteiger partial charge is 0.355 e. The Bertz CT molecular complexity index is 307. The maximum atomic E-state index is 11.9. The Morgan fingerprint density at radius 3 is 2.79 bits per heavy atom. The molecule has 4 N–H and O–H groups in total. The van der Waals surface area contributed by atoms with Gasteiger partial charge in [0.25, 0.3) is 0 Å². The minimum absolute atomic E-state index is 0.0212. The quantitative estimate of drug-likeness (QED) is 0.595. The summed E-state index contributed by atoms with van der Waals surface area (Å²) < 4.78 is 0. The molecule has 0 aromatic heterocycles. The second-order valence-electron chi connectivity index (χ2n) is 5.38. The zero-order valence-corrected chi connectivity index (χ0v) is 11.9. The molecule has 1 heterocycles. The average Bonchev–Trinajstić information content (AvgIpc) is 2.35. The summed E-state index contributed by atoms with van der Waals surface area (Å²) in [6.45, 7) is 6.77. The average molecular weight is 270 g/mol. The molecule has 1 saturated heterocycles. The molecule has 0 spiro atoms. The highest BCUT2D eigenvalue weighted by Gasteiger charge is 2.26. The number of rotatable bonds is 6. The molecule has 0 bridgehead atoms. The topological polar surface area (TPSA) is 87.5 Å². The van der Waals surface area contributed by atoms with Gasteiger partial charge in [-0.05, 0) is 33.2 Å². The fourth-order valence-electron chi connectivity index (χ4n) is 2.32. The van der Waals surface area contributed by atoms with Crippen molar-refractivity contribution in [2.24, 2.45) is 11.7 Å². The molecule has 0 radical (unpaired) electrons. The van der Waals surface area contributed by atoms with Crippen molar-refractivity contribution in [3.05, 3.63) is 0 Å². The first-order chi connectivity index (χ1) is 9.02. The third-order valence-electron chi connectivity index (χ3n) is 3.14. The Kier molecular flexibility index (Phi) is 6.80. The van der Waals surface area contributed by atoms with Gasteiger partial charge in [0.15, 0.2) is 0 Å². The molecule has 1 atom stereocenters. The van der Waals surface area contributed by atoms with E-state index in [4.69, 9.17) is 5.73 Å². The molecule has 0 aromatic carbocycles. The molecule has 6 heteroatoms. The normalized spacial score (nSPS) is 20.3. The van der Waals surface area contributed by atoms with E-state index in [1.807, 2.05) is 18.7 Å². The monoisotopic (exact) mass is 270 g/mol. The molecule has 0 aliphatic carbocycles. The van der Waals surface area contributed by atoms with Gasteiger partial charge in [-0.1, -0.05) is 0 Å². The van der Waals surface area contributed by atoms with Crippen molar-refractivity contribution >= 4 is 11.8 Å². The van der Waals surface area contributed by atoms with Crippen LogP contribution in [0.5, 0.6) is 0 Å². The minimum atomic E-state index is -0.0212. The van der Waals surface area contributed by atoms with Gasteiger partial charge in [-0.2, -0.15) is 0 Å². The Morgan fingerprint density at radius 2 is 2.16 bits per heavy atom. The number of carbonyl (C=O) groups excluding carboxylic acids is 2. The van der Waals surface area contributed by atoms with E-state index >= 15 is 0 Å². The standard InChI is InChI=1S/C13H26N4O2/c1-10(2)16-12(18)9-17-7-3-4-11(8-17)13(19)15-6-5-14/h10-11H,3-9,14H2,1-2H3,(H,15,19)(H,16,18). The van der Waals surface area contributed by atoms with Gasteiger partial charge in [0.05, 0.1) is 12.5 Å². The van der Waals surface area contributed by atoms with Crippen LogP contribution in [0, 0.1) is 5.92 Å². The minimum Gasteiger partial charge on any atom is -0.355 e. The number of hydrogen-bond donors (Lipinski definition) is 3. The molecule has 19 heavy (non-hydrogen) atoms. The van der Waals surface area contributed by atoms with Gasteiger partial charge in [0, 0.05) is 25.7 Å². The van der Waals surface area contributed by atoms with Crippen LogP contribution < -0.4 is 16.4 Å². The summed E-state index contributed by atoms with van der Waals surface area (Å²) in [6.07, 6.45) is 1.84. The van der Waals surface area contributed by atoms with E-state index in [2.05, 4.69) is 10.6 Å². The summed E-state index contributed by atoms with van der Waals surface area (Å²) in [5, 5.41) is 5.69. The van der Waals surface area contributed by atoms with Crippen molar-refractivity contribution < 1.29 is 9.59 Å². The third kappa shape index (κ3) is 6.02. The van der Waals surface area contributed by atoms with E-state index in [0.29, 0.717) is 26.2 Å². The molecule has 0 aromatic rings. The summed E-state index contributed by atoms with van der Waals surface area (Å²) >= 11 is 0. The molecule has 2 amide bonds. The second kappa shape index (κ2) is 8.12. The number of nitrogens with zero attached hydrogens (tertiary/aromatic N) is 1. The highest BCUT2D eigenvalue weighted by Crippen LogP contribution is 2.16. The number of likely N-dealkylation sites (tertiary alicyclic amines) is 1. The fourth-order valence-corrected chi connectivity index (χ4v) is 2.32. The summed E-state index contributed by atoms with van der Waals surface area (Å²) in [5.74, 6) is 0.0598. The number of amides is 2. The van der Waals surface area contributed by atoms with Crippen molar-refractivity contribution in [2.75, 3.05) is 32.7 Å². The van der Waals surface area contributed by atoms with Crippen molar-refractivity contribution in [1.82, 2.24) is 15.5 Å². The third-order valence-corrected chi connectivity index (χ3v) is 3.14. The first-order valence-corrected chi connectivity index (χ1v) is 7.02. The van der Waals surface area contributed by atoms with Crippen molar-refractivity contribution in [3.8, 4) is 0 Å². The molecular formula is C13H26N4O2. The molecule has 1 fully saturated rings. The number of carbonyl (C=O) groups is 2. The predicted molar refractivity (Wildman–Crippen MR) is 74.5 cm³/mol. The summed E-state index contributed by atoms with van der Waals surface area (Å²) in [6, 6.07) is 0.154. The van der Waals surface area contributed by atoms with Crippen molar-refractivity contribution in [3.63, 3.8) is 0 Å². The lowest BCUT2D eigenvalue weighted by molar-refractivity contribution is -0.129. The first-order valence-electron chi connectivity index (χ1n) is 7.02. The van der Waals surface area contributed by atoms with E-state index in [0.717, 1.165) is 19.4 Å². The number of hydrogen-bond acceptors (Lipinski definition) is 4. The lowest BCUT2D eigenvalue weighted by Gasteiger charge is -2.31. The Hall–Kier alpha value is -1.14. The molecule has 6 nitrogen and oxygen atoms in total. The van der Waals surface area contributed by atoms with Crippen LogP contribution in [0.25, 0.3) is 0 Å². The predicted octanol–water partition coefficient (Wildman–Crippen LogP) is -0.702. The van der Waals surface area contributed by atoms with Crippen LogP contribution in [0.2, 0.25) is 0 Å². The second-order valence-corrected chi connectivity index (χ2v) is 5.38. The molecule has 110 valence electrons. The fraction of sp³-hybridized carbons (Fsp3) is 0.846. The van der Waals surface area contributed by atoms with Crippen molar-refractivity contribution in [1.29, 1.82) is 0 Å². The maximum absolute atomic E-state index is 11.9. The van der Waals surface area contributed by atoms with Gasteiger partial charge in [-0.25, -0.2) is 0 Å². The van der Waals surface area contributed by atoms with Crippen LogP contribution >= 0.6 is 0 Å². The molecular weight excluding hydrogens is 244 g/mol. The molecule has 1 unspecified atom stereocenters. The SMILES string of the molecule is CC(C)NC(=O)CN1CCCC(C(=O)NCCN)C1. The van der Waals surface area contributed by atoms with E-state index in [-0.39, 0.29) is 23.8 Å². The molecule has 1 aliphatic rings. The number of nitrogens with one attached hydrogen (secondary N) is 2.